The van der Waals surface area contributed by atoms with Crippen LogP contribution in [0.15, 0.2) is 67.0 Å². The van der Waals surface area contributed by atoms with Gasteiger partial charge in [-0.3, -0.25) is 0 Å². The predicted octanol–water partition coefficient (Wildman–Crippen LogP) is 3.13. The fraction of sp³-hybridized carbons (Fsp3) is 0.118. The van der Waals surface area contributed by atoms with Gasteiger partial charge in [0, 0.05) is 12.4 Å². The quantitative estimate of drug-likeness (QED) is 0.722. The minimum absolute atomic E-state index is 0.0518. The van der Waals surface area contributed by atoms with E-state index in [9.17, 15) is 12.8 Å². The van der Waals surface area contributed by atoms with E-state index in [1.165, 1.54) is 24.3 Å². The first-order chi connectivity index (χ1) is 11.0. The van der Waals surface area contributed by atoms with Gasteiger partial charge in [0.25, 0.3) is 0 Å². The molecule has 118 valence electrons. The maximum absolute atomic E-state index is 12.9. The summed E-state index contributed by atoms with van der Waals surface area (Å²) in [6.07, 6.45) is 3.50. The van der Waals surface area contributed by atoms with Gasteiger partial charge in [0.15, 0.2) is 9.84 Å². The van der Waals surface area contributed by atoms with Crippen LogP contribution in [0.5, 0.6) is 0 Å². The lowest BCUT2D eigenvalue weighted by molar-refractivity contribution is 0.594. The summed E-state index contributed by atoms with van der Waals surface area (Å²) in [6, 6.07) is 14.6. The smallest absolute Gasteiger partial charge is 0.158 e. The Morgan fingerprint density at radius 2 is 1.48 bits per heavy atom. The Morgan fingerprint density at radius 1 is 0.913 bits per heavy atom. The lowest BCUT2D eigenvalue weighted by Crippen LogP contribution is -2.08. The second-order valence-corrected chi connectivity index (χ2v) is 7.34. The average molecular weight is 330 g/mol. The minimum Gasteiger partial charge on any atom is -0.241 e. The highest BCUT2D eigenvalue weighted by molar-refractivity contribution is 7.89. The topological polar surface area (TPSA) is 52.0 Å². The van der Waals surface area contributed by atoms with E-state index in [1.54, 1.807) is 23.0 Å². The van der Waals surface area contributed by atoms with Crippen molar-refractivity contribution in [1.29, 1.82) is 0 Å². The van der Waals surface area contributed by atoms with E-state index in [-0.39, 0.29) is 17.3 Å². The summed E-state index contributed by atoms with van der Waals surface area (Å²) in [5, 5.41) is 4.12. The molecule has 0 saturated carbocycles. The van der Waals surface area contributed by atoms with Crippen molar-refractivity contribution in [3.63, 3.8) is 0 Å². The van der Waals surface area contributed by atoms with E-state index in [2.05, 4.69) is 5.10 Å². The van der Waals surface area contributed by atoms with Gasteiger partial charge in [0.1, 0.15) is 5.82 Å². The van der Waals surface area contributed by atoms with Gasteiger partial charge in [0.2, 0.25) is 0 Å². The Kier molecular flexibility index (Phi) is 4.25. The molecule has 0 fully saturated rings. The zero-order valence-corrected chi connectivity index (χ0v) is 13.1. The van der Waals surface area contributed by atoms with Gasteiger partial charge in [-0.1, -0.05) is 24.3 Å². The first kappa shape index (κ1) is 15.4. The Morgan fingerprint density at radius 3 is 2.00 bits per heavy atom. The van der Waals surface area contributed by atoms with Gasteiger partial charge in [-0.25, -0.2) is 17.5 Å². The average Bonchev–Trinajstić information content (AvgIpc) is 3.04. The zero-order chi connectivity index (χ0) is 16.3. The number of hydrogen-bond donors (Lipinski definition) is 0. The van der Waals surface area contributed by atoms with Crippen LogP contribution in [0.1, 0.15) is 11.1 Å². The van der Waals surface area contributed by atoms with Crippen LogP contribution < -0.4 is 0 Å². The molecule has 2 aromatic carbocycles. The maximum atomic E-state index is 12.9. The lowest BCUT2D eigenvalue weighted by atomic mass is 10.2. The van der Waals surface area contributed by atoms with E-state index >= 15 is 0 Å². The molecule has 0 bridgehead atoms. The molecule has 4 nitrogen and oxygen atoms in total. The monoisotopic (exact) mass is 330 g/mol. The molecule has 3 rings (SSSR count). The number of sulfone groups is 1. The van der Waals surface area contributed by atoms with E-state index in [1.807, 2.05) is 24.4 Å². The standard InChI is InChI=1S/C17H15FN2O2S/c18-16-6-2-14(3-7-16)12-23(21,22)13-15-4-8-17(9-5-15)20-11-1-10-19-20/h1-11H,12-13H2. The molecule has 0 aliphatic heterocycles. The van der Waals surface area contributed by atoms with Crippen LogP contribution in [0, 0.1) is 5.82 Å². The van der Waals surface area contributed by atoms with Crippen LogP contribution in [-0.2, 0) is 21.3 Å². The van der Waals surface area contributed by atoms with Gasteiger partial charge >= 0.3 is 0 Å². The van der Waals surface area contributed by atoms with Crippen molar-refractivity contribution in [3.05, 3.63) is 83.9 Å². The Hall–Kier alpha value is -2.47. The molecule has 0 spiro atoms. The van der Waals surface area contributed by atoms with Crippen molar-refractivity contribution in [3.8, 4) is 5.69 Å². The van der Waals surface area contributed by atoms with Gasteiger partial charge in [-0.05, 0) is 41.5 Å². The predicted molar refractivity (Wildman–Crippen MR) is 86.3 cm³/mol. The molecule has 0 atom stereocenters. The van der Waals surface area contributed by atoms with Gasteiger partial charge < -0.3 is 0 Å². The highest BCUT2D eigenvalue weighted by atomic mass is 32.2. The summed E-state index contributed by atoms with van der Waals surface area (Å²) in [6.45, 7) is 0. The normalized spacial score (nSPS) is 11.5. The molecule has 23 heavy (non-hydrogen) atoms. The van der Waals surface area contributed by atoms with E-state index in [4.69, 9.17) is 0 Å². The van der Waals surface area contributed by atoms with Crippen LogP contribution >= 0.6 is 0 Å². The number of rotatable bonds is 5. The van der Waals surface area contributed by atoms with Crippen LogP contribution in [0.25, 0.3) is 5.69 Å². The van der Waals surface area contributed by atoms with Crippen molar-refractivity contribution in [2.24, 2.45) is 0 Å². The molecule has 0 radical (unpaired) electrons. The summed E-state index contributed by atoms with van der Waals surface area (Å²) >= 11 is 0. The van der Waals surface area contributed by atoms with Crippen LogP contribution in [0.2, 0.25) is 0 Å². The molecule has 0 aliphatic carbocycles. The number of halogens is 1. The molecule has 0 N–H and O–H groups in total. The van der Waals surface area contributed by atoms with E-state index in [0.29, 0.717) is 11.1 Å². The SMILES string of the molecule is O=S(=O)(Cc1ccc(F)cc1)Cc1ccc(-n2cccn2)cc1. The van der Waals surface area contributed by atoms with Gasteiger partial charge in [0.05, 0.1) is 17.2 Å². The Balaban J connectivity index is 1.71. The van der Waals surface area contributed by atoms with Crippen LogP contribution in [0.3, 0.4) is 0 Å². The van der Waals surface area contributed by atoms with Crippen molar-refractivity contribution in [1.82, 2.24) is 9.78 Å². The molecule has 0 saturated heterocycles. The number of benzene rings is 2. The van der Waals surface area contributed by atoms with Crippen molar-refractivity contribution in [2.75, 3.05) is 0 Å². The summed E-state index contributed by atoms with van der Waals surface area (Å²) in [4.78, 5) is 0. The van der Waals surface area contributed by atoms with E-state index in [0.717, 1.165) is 5.69 Å². The lowest BCUT2D eigenvalue weighted by Gasteiger charge is -2.06. The summed E-state index contributed by atoms with van der Waals surface area (Å²) < 4.78 is 39.1. The molecule has 3 aromatic rings. The maximum Gasteiger partial charge on any atom is 0.158 e. The summed E-state index contributed by atoms with van der Waals surface area (Å²) in [5.74, 6) is -0.529. The fourth-order valence-corrected chi connectivity index (χ4v) is 3.81. The molecular weight excluding hydrogens is 315 g/mol. The number of nitrogens with zero attached hydrogens (tertiary/aromatic N) is 2. The third-order valence-electron chi connectivity index (χ3n) is 3.39. The second kappa shape index (κ2) is 6.34. The fourth-order valence-electron chi connectivity index (χ4n) is 2.31. The Labute approximate surface area is 134 Å². The largest absolute Gasteiger partial charge is 0.241 e. The zero-order valence-electron chi connectivity index (χ0n) is 12.3. The summed E-state index contributed by atoms with van der Waals surface area (Å²) in [5.41, 5.74) is 2.16. The highest BCUT2D eigenvalue weighted by Gasteiger charge is 2.13. The highest BCUT2D eigenvalue weighted by Crippen LogP contribution is 2.15. The van der Waals surface area contributed by atoms with Gasteiger partial charge in [-0.2, -0.15) is 5.10 Å². The first-order valence-electron chi connectivity index (χ1n) is 7.06. The van der Waals surface area contributed by atoms with Crippen molar-refractivity contribution < 1.29 is 12.8 Å². The molecule has 1 aromatic heterocycles. The minimum atomic E-state index is -3.31. The van der Waals surface area contributed by atoms with E-state index < -0.39 is 9.84 Å². The number of aromatic nitrogens is 2. The molecule has 0 amide bonds. The molecule has 0 aliphatic rings. The summed E-state index contributed by atoms with van der Waals surface area (Å²) in [7, 11) is -3.31. The Bertz CT molecular complexity index is 871. The van der Waals surface area contributed by atoms with Crippen molar-refractivity contribution in [2.45, 2.75) is 11.5 Å². The molecule has 6 heteroatoms. The van der Waals surface area contributed by atoms with Crippen molar-refractivity contribution >= 4 is 9.84 Å². The first-order valence-corrected chi connectivity index (χ1v) is 8.88. The number of hydrogen-bond acceptors (Lipinski definition) is 3. The van der Waals surface area contributed by atoms with Crippen LogP contribution in [-0.4, -0.2) is 18.2 Å². The van der Waals surface area contributed by atoms with Crippen LogP contribution in [0.4, 0.5) is 4.39 Å². The second-order valence-electron chi connectivity index (χ2n) is 5.28. The molecule has 1 heterocycles. The third kappa shape index (κ3) is 4.04. The third-order valence-corrected chi connectivity index (χ3v) is 4.94. The molecule has 0 unspecified atom stereocenters. The molecular formula is C17H15FN2O2S. The van der Waals surface area contributed by atoms with Gasteiger partial charge in [-0.15, -0.1) is 0 Å².